The Bertz CT molecular complexity index is 373. The second-order valence-electron chi connectivity index (χ2n) is 7.88. The standard InChI is InChI=1S/C17H29NO2/c1-15(2,3)14-6-4-9-17(19,10-7-14)16(12-18)8-5-11-20-13-16/h14,19H,4-11,13H2,1-3H3. The number of ether oxygens (including phenoxy) is 1. The van der Waals surface area contributed by atoms with Crippen LogP contribution in [0.4, 0.5) is 0 Å². The van der Waals surface area contributed by atoms with Crippen molar-refractivity contribution in [2.24, 2.45) is 16.7 Å². The van der Waals surface area contributed by atoms with Crippen LogP contribution in [0, 0.1) is 28.1 Å². The summed E-state index contributed by atoms with van der Waals surface area (Å²) in [7, 11) is 0. The van der Waals surface area contributed by atoms with Gasteiger partial charge in [0.2, 0.25) is 0 Å². The van der Waals surface area contributed by atoms with Crippen molar-refractivity contribution >= 4 is 0 Å². The van der Waals surface area contributed by atoms with E-state index in [9.17, 15) is 10.4 Å². The van der Waals surface area contributed by atoms with Crippen molar-refractivity contribution in [3.05, 3.63) is 0 Å². The van der Waals surface area contributed by atoms with E-state index in [1.165, 1.54) is 0 Å². The number of nitrogens with zero attached hydrogens (tertiary/aromatic N) is 1. The number of hydrogen-bond donors (Lipinski definition) is 1. The Morgan fingerprint density at radius 1 is 1.15 bits per heavy atom. The van der Waals surface area contributed by atoms with Crippen molar-refractivity contribution < 1.29 is 9.84 Å². The number of nitriles is 1. The molecule has 3 unspecified atom stereocenters. The summed E-state index contributed by atoms with van der Waals surface area (Å²) >= 11 is 0. The monoisotopic (exact) mass is 279 g/mol. The molecule has 0 amide bonds. The fraction of sp³-hybridized carbons (Fsp3) is 0.941. The zero-order valence-electron chi connectivity index (χ0n) is 13.2. The van der Waals surface area contributed by atoms with Crippen LogP contribution in [-0.2, 0) is 4.74 Å². The number of aliphatic hydroxyl groups is 1. The highest BCUT2D eigenvalue weighted by Crippen LogP contribution is 2.49. The fourth-order valence-electron chi connectivity index (χ4n) is 4.02. The largest absolute Gasteiger partial charge is 0.388 e. The van der Waals surface area contributed by atoms with Gasteiger partial charge in [-0.3, -0.25) is 0 Å². The molecule has 1 saturated carbocycles. The van der Waals surface area contributed by atoms with E-state index in [1.807, 2.05) is 0 Å². The van der Waals surface area contributed by atoms with Gasteiger partial charge in [0.1, 0.15) is 5.41 Å². The first-order chi connectivity index (χ1) is 9.33. The Morgan fingerprint density at radius 2 is 1.90 bits per heavy atom. The van der Waals surface area contributed by atoms with Crippen molar-refractivity contribution in [2.45, 2.75) is 71.3 Å². The van der Waals surface area contributed by atoms with Crippen LogP contribution in [0.25, 0.3) is 0 Å². The molecule has 1 heterocycles. The maximum atomic E-state index is 11.2. The maximum absolute atomic E-state index is 11.2. The van der Waals surface area contributed by atoms with Gasteiger partial charge in [0.05, 0.1) is 18.3 Å². The molecule has 0 aromatic rings. The summed E-state index contributed by atoms with van der Waals surface area (Å²) in [5.74, 6) is 0.636. The van der Waals surface area contributed by atoms with Crippen molar-refractivity contribution in [2.75, 3.05) is 13.2 Å². The highest BCUT2D eigenvalue weighted by atomic mass is 16.5. The van der Waals surface area contributed by atoms with Gasteiger partial charge in [0.25, 0.3) is 0 Å². The van der Waals surface area contributed by atoms with E-state index < -0.39 is 11.0 Å². The summed E-state index contributed by atoms with van der Waals surface area (Å²) in [6, 6.07) is 2.43. The molecule has 2 aliphatic rings. The molecule has 3 atom stereocenters. The van der Waals surface area contributed by atoms with Crippen LogP contribution < -0.4 is 0 Å². The minimum absolute atomic E-state index is 0.286. The Hall–Kier alpha value is -0.590. The van der Waals surface area contributed by atoms with Crippen molar-refractivity contribution in [3.63, 3.8) is 0 Å². The van der Waals surface area contributed by atoms with E-state index in [-0.39, 0.29) is 5.41 Å². The van der Waals surface area contributed by atoms with Gasteiger partial charge in [-0.2, -0.15) is 5.26 Å². The lowest BCUT2D eigenvalue weighted by atomic mass is 9.65. The SMILES string of the molecule is CC(C)(C)C1CCCC(O)(C2(C#N)CCCOC2)CC1. The molecule has 0 bridgehead atoms. The zero-order chi connectivity index (χ0) is 14.9. The van der Waals surface area contributed by atoms with E-state index in [0.29, 0.717) is 12.5 Å². The molecule has 1 aliphatic carbocycles. The molecule has 2 rings (SSSR count). The summed E-state index contributed by atoms with van der Waals surface area (Å²) < 4.78 is 5.55. The molecule has 0 spiro atoms. The van der Waals surface area contributed by atoms with Gasteiger partial charge in [0.15, 0.2) is 0 Å². The Kier molecular flexibility index (Phi) is 4.47. The molecule has 0 aromatic carbocycles. The second-order valence-corrected chi connectivity index (χ2v) is 7.88. The van der Waals surface area contributed by atoms with E-state index >= 15 is 0 Å². The highest BCUT2D eigenvalue weighted by molar-refractivity contribution is 5.13. The summed E-state index contributed by atoms with van der Waals surface area (Å²) in [6.07, 6.45) is 6.35. The topological polar surface area (TPSA) is 53.2 Å². The molecule has 1 saturated heterocycles. The lowest BCUT2D eigenvalue weighted by molar-refractivity contribution is -0.126. The Morgan fingerprint density at radius 3 is 2.45 bits per heavy atom. The van der Waals surface area contributed by atoms with Gasteiger partial charge in [-0.25, -0.2) is 0 Å². The third-order valence-electron chi connectivity index (χ3n) is 5.62. The van der Waals surface area contributed by atoms with Crippen LogP contribution in [0.5, 0.6) is 0 Å². The molecule has 3 nitrogen and oxygen atoms in total. The summed E-state index contributed by atoms with van der Waals surface area (Å²) in [6.45, 7) is 7.98. The molecule has 1 aliphatic heterocycles. The van der Waals surface area contributed by atoms with E-state index in [4.69, 9.17) is 4.74 Å². The number of hydrogen-bond acceptors (Lipinski definition) is 3. The molecule has 2 fully saturated rings. The average Bonchev–Trinajstić information content (AvgIpc) is 2.62. The lowest BCUT2D eigenvalue weighted by Crippen LogP contribution is -2.52. The van der Waals surface area contributed by atoms with Gasteiger partial charge < -0.3 is 9.84 Å². The third kappa shape index (κ3) is 2.87. The highest BCUT2D eigenvalue weighted by Gasteiger charge is 2.52. The fourth-order valence-corrected chi connectivity index (χ4v) is 4.02. The van der Waals surface area contributed by atoms with Gasteiger partial charge in [-0.05, 0) is 49.9 Å². The second kappa shape index (κ2) is 5.66. The van der Waals surface area contributed by atoms with Gasteiger partial charge in [-0.1, -0.05) is 27.2 Å². The minimum Gasteiger partial charge on any atom is -0.388 e. The van der Waals surface area contributed by atoms with Gasteiger partial charge >= 0.3 is 0 Å². The average molecular weight is 279 g/mol. The van der Waals surface area contributed by atoms with Crippen LogP contribution in [0.15, 0.2) is 0 Å². The van der Waals surface area contributed by atoms with Crippen molar-refractivity contribution in [3.8, 4) is 6.07 Å². The van der Waals surface area contributed by atoms with Crippen molar-refractivity contribution in [1.82, 2.24) is 0 Å². The van der Waals surface area contributed by atoms with Gasteiger partial charge in [-0.15, -0.1) is 0 Å². The first-order valence-corrected chi connectivity index (χ1v) is 8.04. The van der Waals surface area contributed by atoms with E-state index in [2.05, 4.69) is 26.8 Å². The molecular formula is C17H29NO2. The van der Waals surface area contributed by atoms with Crippen LogP contribution in [0.3, 0.4) is 0 Å². The molecule has 1 N–H and O–H groups in total. The van der Waals surface area contributed by atoms with E-state index in [0.717, 1.165) is 51.6 Å². The molecular weight excluding hydrogens is 250 g/mol. The first kappa shape index (κ1) is 15.8. The summed E-state index contributed by atoms with van der Waals surface area (Å²) in [4.78, 5) is 0. The van der Waals surface area contributed by atoms with Crippen LogP contribution >= 0.6 is 0 Å². The van der Waals surface area contributed by atoms with Gasteiger partial charge in [0, 0.05) is 6.61 Å². The Balaban J connectivity index is 2.16. The lowest BCUT2D eigenvalue weighted by Gasteiger charge is -2.44. The van der Waals surface area contributed by atoms with Crippen molar-refractivity contribution in [1.29, 1.82) is 5.26 Å². The van der Waals surface area contributed by atoms with Crippen LogP contribution in [0.2, 0.25) is 0 Å². The first-order valence-electron chi connectivity index (χ1n) is 8.04. The number of rotatable bonds is 1. The molecule has 0 aromatic heterocycles. The third-order valence-corrected chi connectivity index (χ3v) is 5.62. The van der Waals surface area contributed by atoms with Crippen LogP contribution in [0.1, 0.15) is 65.7 Å². The minimum atomic E-state index is -0.859. The zero-order valence-corrected chi connectivity index (χ0v) is 13.2. The smallest absolute Gasteiger partial charge is 0.109 e. The summed E-state index contributed by atoms with van der Waals surface area (Å²) in [5, 5.41) is 20.9. The van der Waals surface area contributed by atoms with Crippen LogP contribution in [-0.4, -0.2) is 23.9 Å². The Labute approximate surface area is 123 Å². The van der Waals surface area contributed by atoms with E-state index in [1.54, 1.807) is 0 Å². The maximum Gasteiger partial charge on any atom is 0.109 e. The molecule has 0 radical (unpaired) electrons. The molecule has 114 valence electrons. The molecule has 20 heavy (non-hydrogen) atoms. The molecule has 3 heteroatoms. The predicted octanol–water partition coefficient (Wildman–Crippen LogP) is 3.66. The predicted molar refractivity (Wildman–Crippen MR) is 79.1 cm³/mol. The summed E-state index contributed by atoms with van der Waals surface area (Å²) in [5.41, 5.74) is -1.26. The normalized spacial score (nSPS) is 39.9. The quantitative estimate of drug-likeness (QED) is 0.745.